The molecule has 0 aliphatic carbocycles. The molecule has 0 radical (unpaired) electrons. The fraction of sp³-hybridized carbons (Fsp3) is 0.300. The van der Waals surface area contributed by atoms with Crippen molar-refractivity contribution in [1.29, 1.82) is 0 Å². The molecule has 1 aliphatic rings. The van der Waals surface area contributed by atoms with Gasteiger partial charge in [0.2, 0.25) is 5.43 Å². The van der Waals surface area contributed by atoms with Gasteiger partial charge in [-0.15, -0.1) is 0 Å². The fourth-order valence-electron chi connectivity index (χ4n) is 3.16. The predicted molar refractivity (Wildman–Crippen MR) is 99.6 cm³/mol. The van der Waals surface area contributed by atoms with Gasteiger partial charge < -0.3 is 19.0 Å². The highest BCUT2D eigenvalue weighted by Crippen LogP contribution is 2.22. The molecule has 0 spiro atoms. The predicted octanol–water partition coefficient (Wildman–Crippen LogP) is 2.10. The number of hydrogen-bond donors (Lipinski definition) is 0. The molecule has 6 heteroatoms. The summed E-state index contributed by atoms with van der Waals surface area (Å²) in [6.45, 7) is 3.17. The molecule has 26 heavy (non-hydrogen) atoms. The van der Waals surface area contributed by atoms with Crippen LogP contribution in [0.2, 0.25) is 0 Å². The van der Waals surface area contributed by atoms with Crippen LogP contribution in [0.25, 0.3) is 21.9 Å². The SMILES string of the molecule is CN1CCN(C(=O)COc2ccc3c(=O)c4ccccc4oc3c2)CC1. The highest BCUT2D eigenvalue weighted by atomic mass is 16.5. The zero-order chi connectivity index (χ0) is 18.1. The Labute approximate surface area is 150 Å². The van der Waals surface area contributed by atoms with Crippen LogP contribution in [0.3, 0.4) is 0 Å². The summed E-state index contributed by atoms with van der Waals surface area (Å²) in [4.78, 5) is 28.8. The maximum absolute atomic E-state index is 12.5. The number of amides is 1. The van der Waals surface area contributed by atoms with Crippen LogP contribution >= 0.6 is 0 Å². The average molecular weight is 352 g/mol. The first-order valence-electron chi connectivity index (χ1n) is 8.66. The van der Waals surface area contributed by atoms with Crippen LogP contribution < -0.4 is 10.2 Å². The monoisotopic (exact) mass is 352 g/mol. The Morgan fingerprint density at radius 2 is 1.77 bits per heavy atom. The second-order valence-electron chi connectivity index (χ2n) is 6.56. The summed E-state index contributed by atoms with van der Waals surface area (Å²) < 4.78 is 11.5. The van der Waals surface area contributed by atoms with Gasteiger partial charge in [0.25, 0.3) is 5.91 Å². The number of para-hydroxylation sites is 1. The number of rotatable bonds is 3. The third-order valence-electron chi connectivity index (χ3n) is 4.77. The minimum absolute atomic E-state index is 0.0208. The lowest BCUT2D eigenvalue weighted by Gasteiger charge is -2.32. The number of fused-ring (bicyclic) bond motifs is 2. The van der Waals surface area contributed by atoms with Crippen molar-refractivity contribution in [1.82, 2.24) is 9.80 Å². The molecule has 1 saturated heterocycles. The van der Waals surface area contributed by atoms with Crippen molar-refractivity contribution in [3.8, 4) is 5.75 Å². The van der Waals surface area contributed by atoms with E-state index in [-0.39, 0.29) is 17.9 Å². The molecular weight excluding hydrogens is 332 g/mol. The van der Waals surface area contributed by atoms with Gasteiger partial charge in [-0.3, -0.25) is 9.59 Å². The smallest absolute Gasteiger partial charge is 0.260 e. The van der Waals surface area contributed by atoms with Crippen molar-refractivity contribution < 1.29 is 13.9 Å². The number of ether oxygens (including phenoxy) is 1. The van der Waals surface area contributed by atoms with E-state index in [1.165, 1.54) is 0 Å². The van der Waals surface area contributed by atoms with Gasteiger partial charge in [0.1, 0.15) is 16.9 Å². The van der Waals surface area contributed by atoms with E-state index in [1.807, 2.05) is 24.1 Å². The largest absolute Gasteiger partial charge is 0.484 e. The Hall–Kier alpha value is -2.86. The number of carbonyl (C=O) groups excluding carboxylic acids is 1. The van der Waals surface area contributed by atoms with Gasteiger partial charge in [-0.2, -0.15) is 0 Å². The summed E-state index contributed by atoms with van der Waals surface area (Å²) in [6, 6.07) is 12.2. The summed E-state index contributed by atoms with van der Waals surface area (Å²) >= 11 is 0. The lowest BCUT2D eigenvalue weighted by atomic mass is 10.1. The lowest BCUT2D eigenvalue weighted by molar-refractivity contribution is -0.134. The van der Waals surface area contributed by atoms with Gasteiger partial charge in [-0.05, 0) is 31.3 Å². The molecule has 6 nitrogen and oxygen atoms in total. The maximum atomic E-state index is 12.5. The Morgan fingerprint density at radius 3 is 2.58 bits per heavy atom. The molecule has 0 bridgehead atoms. The number of piperazine rings is 1. The van der Waals surface area contributed by atoms with E-state index in [1.54, 1.807) is 30.3 Å². The van der Waals surface area contributed by atoms with E-state index in [0.29, 0.717) is 27.7 Å². The van der Waals surface area contributed by atoms with Crippen LogP contribution in [0, 0.1) is 0 Å². The molecule has 0 N–H and O–H groups in total. The Kier molecular flexibility index (Phi) is 4.34. The van der Waals surface area contributed by atoms with Crippen LogP contribution in [-0.2, 0) is 4.79 Å². The molecule has 0 saturated carbocycles. The average Bonchev–Trinajstić information content (AvgIpc) is 2.66. The molecule has 3 aromatic rings. The quantitative estimate of drug-likeness (QED) is 0.676. The Balaban J connectivity index is 1.53. The van der Waals surface area contributed by atoms with E-state index in [2.05, 4.69) is 4.90 Å². The number of benzene rings is 2. The van der Waals surface area contributed by atoms with E-state index in [9.17, 15) is 9.59 Å². The van der Waals surface area contributed by atoms with Gasteiger partial charge in [0.05, 0.1) is 10.8 Å². The van der Waals surface area contributed by atoms with Crippen molar-refractivity contribution in [3.63, 3.8) is 0 Å². The molecule has 1 amide bonds. The van der Waals surface area contributed by atoms with E-state index in [4.69, 9.17) is 9.15 Å². The molecule has 2 heterocycles. The normalized spacial score (nSPS) is 15.5. The third kappa shape index (κ3) is 3.15. The van der Waals surface area contributed by atoms with Crippen molar-refractivity contribution in [3.05, 3.63) is 52.7 Å². The summed E-state index contributed by atoms with van der Waals surface area (Å²) in [5, 5.41) is 1.06. The molecule has 4 rings (SSSR count). The number of carbonyl (C=O) groups is 1. The summed E-state index contributed by atoms with van der Waals surface area (Å²) in [6.07, 6.45) is 0. The van der Waals surface area contributed by atoms with Crippen LogP contribution in [0.4, 0.5) is 0 Å². The zero-order valence-corrected chi connectivity index (χ0v) is 14.6. The van der Waals surface area contributed by atoms with E-state index >= 15 is 0 Å². The zero-order valence-electron chi connectivity index (χ0n) is 14.6. The molecule has 0 unspecified atom stereocenters. The molecule has 1 fully saturated rings. The Bertz CT molecular complexity index is 1020. The van der Waals surface area contributed by atoms with E-state index < -0.39 is 0 Å². The first-order valence-corrected chi connectivity index (χ1v) is 8.66. The number of likely N-dealkylation sites (N-methyl/N-ethyl adjacent to an activating group) is 1. The first-order chi connectivity index (χ1) is 12.6. The van der Waals surface area contributed by atoms with Crippen molar-refractivity contribution >= 4 is 27.8 Å². The minimum atomic E-state index is -0.0677. The van der Waals surface area contributed by atoms with Crippen molar-refractivity contribution in [2.75, 3.05) is 39.8 Å². The van der Waals surface area contributed by atoms with Gasteiger partial charge in [-0.25, -0.2) is 0 Å². The summed E-state index contributed by atoms with van der Waals surface area (Å²) in [5.74, 6) is 0.483. The van der Waals surface area contributed by atoms with Crippen LogP contribution in [0.15, 0.2) is 51.7 Å². The fourth-order valence-corrected chi connectivity index (χ4v) is 3.16. The standard InChI is InChI=1S/C20H20N2O4/c1-21-8-10-22(11-9-21)19(23)13-25-14-6-7-16-18(12-14)26-17-5-3-2-4-15(17)20(16)24/h2-7,12H,8-11,13H2,1H3. The Morgan fingerprint density at radius 1 is 1.04 bits per heavy atom. The molecule has 2 aromatic carbocycles. The summed E-state index contributed by atoms with van der Waals surface area (Å²) in [5.41, 5.74) is 0.927. The maximum Gasteiger partial charge on any atom is 0.260 e. The van der Waals surface area contributed by atoms with Gasteiger partial charge in [0, 0.05) is 32.2 Å². The van der Waals surface area contributed by atoms with Crippen LogP contribution in [-0.4, -0.2) is 55.5 Å². The second kappa shape index (κ2) is 6.80. The van der Waals surface area contributed by atoms with Gasteiger partial charge in [-0.1, -0.05) is 12.1 Å². The van der Waals surface area contributed by atoms with Gasteiger partial charge >= 0.3 is 0 Å². The topological polar surface area (TPSA) is 63.0 Å². The van der Waals surface area contributed by atoms with Crippen LogP contribution in [0.1, 0.15) is 0 Å². The highest BCUT2D eigenvalue weighted by molar-refractivity contribution is 5.90. The highest BCUT2D eigenvalue weighted by Gasteiger charge is 2.19. The molecule has 134 valence electrons. The minimum Gasteiger partial charge on any atom is -0.484 e. The molecule has 0 atom stereocenters. The van der Waals surface area contributed by atoms with Gasteiger partial charge in [0.15, 0.2) is 6.61 Å². The second-order valence-corrected chi connectivity index (χ2v) is 6.56. The van der Waals surface area contributed by atoms with Crippen molar-refractivity contribution in [2.45, 2.75) is 0 Å². The van der Waals surface area contributed by atoms with Crippen LogP contribution in [0.5, 0.6) is 5.75 Å². The van der Waals surface area contributed by atoms with Crippen molar-refractivity contribution in [2.24, 2.45) is 0 Å². The molecular formula is C20H20N2O4. The summed E-state index contributed by atoms with van der Waals surface area (Å²) in [7, 11) is 2.05. The molecule has 1 aromatic heterocycles. The molecule has 1 aliphatic heterocycles. The first kappa shape index (κ1) is 16.6. The number of nitrogens with zero attached hydrogens (tertiary/aromatic N) is 2. The van der Waals surface area contributed by atoms with E-state index in [0.717, 1.165) is 26.2 Å². The lowest BCUT2D eigenvalue weighted by Crippen LogP contribution is -2.48. The number of hydrogen-bond acceptors (Lipinski definition) is 5. The third-order valence-corrected chi connectivity index (χ3v) is 4.77.